The van der Waals surface area contributed by atoms with Crippen molar-refractivity contribution in [2.24, 2.45) is 0 Å². The number of fused-ring (bicyclic) bond motifs is 3. The number of hydrogen-bond acceptors (Lipinski definition) is 6. The van der Waals surface area contributed by atoms with E-state index in [-0.39, 0.29) is 18.1 Å². The molecule has 0 atom stereocenters. The van der Waals surface area contributed by atoms with Crippen molar-refractivity contribution in [2.75, 3.05) is 33.3 Å². The zero-order chi connectivity index (χ0) is 24.1. The Hall–Kier alpha value is -3.07. The van der Waals surface area contributed by atoms with Gasteiger partial charge in [0, 0.05) is 37.3 Å². The number of pyridine rings is 2. The molecule has 4 aromatic rings. The molecule has 0 aliphatic heterocycles. The summed E-state index contributed by atoms with van der Waals surface area (Å²) in [5.74, 6) is -0.167. The maximum absolute atomic E-state index is 13.8. The number of carbonyl (C=O) groups excluding carboxylic acids is 1. The molecule has 0 aliphatic rings. The first-order chi connectivity index (χ1) is 16.6. The van der Waals surface area contributed by atoms with Crippen LogP contribution >= 0.6 is 11.3 Å². The van der Waals surface area contributed by atoms with E-state index in [1.807, 2.05) is 42.5 Å². The molecule has 0 aliphatic carbocycles. The topological polar surface area (TPSA) is 76.5 Å². The second kappa shape index (κ2) is 10.9. The highest BCUT2D eigenvalue weighted by atomic mass is 32.1. The summed E-state index contributed by atoms with van der Waals surface area (Å²) in [5, 5.41) is 4.53. The van der Waals surface area contributed by atoms with Crippen molar-refractivity contribution in [1.82, 2.24) is 19.8 Å². The number of rotatable bonds is 10. The monoisotopic (exact) mass is 478 g/mol. The van der Waals surface area contributed by atoms with Gasteiger partial charge in [0.15, 0.2) is 0 Å². The third kappa shape index (κ3) is 4.75. The summed E-state index contributed by atoms with van der Waals surface area (Å²) in [6, 6.07) is 13.5. The highest BCUT2D eigenvalue weighted by Crippen LogP contribution is 2.35. The van der Waals surface area contributed by atoms with Crippen LogP contribution in [-0.4, -0.2) is 53.6 Å². The van der Waals surface area contributed by atoms with Gasteiger partial charge in [0.05, 0.1) is 39.3 Å². The number of para-hydroxylation sites is 1. The van der Waals surface area contributed by atoms with E-state index in [4.69, 9.17) is 4.74 Å². The summed E-state index contributed by atoms with van der Waals surface area (Å²) >= 11 is 1.37. The number of hydrogen-bond donors (Lipinski definition) is 1. The molecule has 0 spiro atoms. The number of aromatic nitrogens is 2. The van der Waals surface area contributed by atoms with Crippen molar-refractivity contribution in [1.29, 1.82) is 0 Å². The van der Waals surface area contributed by atoms with Crippen molar-refractivity contribution in [2.45, 2.75) is 27.0 Å². The molecule has 7 nitrogen and oxygen atoms in total. The molecular weight excluding hydrogens is 448 g/mol. The van der Waals surface area contributed by atoms with Gasteiger partial charge in [0.25, 0.3) is 11.5 Å². The van der Waals surface area contributed by atoms with Gasteiger partial charge in [-0.25, -0.2) is 0 Å². The van der Waals surface area contributed by atoms with Crippen LogP contribution in [0, 0.1) is 0 Å². The second-order valence-electron chi connectivity index (χ2n) is 8.06. The minimum absolute atomic E-state index is 0.134. The quantitative estimate of drug-likeness (QED) is 0.374. The van der Waals surface area contributed by atoms with Crippen molar-refractivity contribution in [3.05, 3.63) is 75.1 Å². The van der Waals surface area contributed by atoms with Crippen LogP contribution in [0.15, 0.2) is 53.5 Å². The normalized spacial score (nSPS) is 11.5. The summed E-state index contributed by atoms with van der Waals surface area (Å²) < 4.78 is 8.01. The number of benzene rings is 1. The van der Waals surface area contributed by atoms with E-state index in [1.54, 1.807) is 17.9 Å². The Labute approximate surface area is 203 Å². The van der Waals surface area contributed by atoms with Gasteiger partial charge >= 0.3 is 0 Å². The van der Waals surface area contributed by atoms with Crippen LogP contribution < -0.4 is 10.9 Å². The maximum Gasteiger partial charge on any atom is 0.261 e. The lowest BCUT2D eigenvalue weighted by Gasteiger charge is -2.17. The molecule has 0 unspecified atom stereocenters. The zero-order valence-electron chi connectivity index (χ0n) is 19.8. The number of nitrogens with zero attached hydrogens (tertiary/aromatic N) is 3. The van der Waals surface area contributed by atoms with Crippen LogP contribution in [0.2, 0.25) is 0 Å². The first-order valence-corrected chi connectivity index (χ1v) is 12.4. The molecule has 3 heterocycles. The van der Waals surface area contributed by atoms with E-state index >= 15 is 0 Å². The number of amides is 1. The second-order valence-corrected chi connectivity index (χ2v) is 9.08. The molecule has 1 aromatic carbocycles. The third-order valence-corrected chi connectivity index (χ3v) is 7.32. The summed E-state index contributed by atoms with van der Waals surface area (Å²) in [4.78, 5) is 34.2. The van der Waals surface area contributed by atoms with Crippen molar-refractivity contribution in [3.8, 4) is 0 Å². The number of ether oxygens (including phenoxy) is 1. The molecule has 34 heavy (non-hydrogen) atoms. The SMILES string of the molecule is CCN(CC)CCNC(=O)c1sc2c(c1COC)c(=O)n(Cc1ccccn1)c1ccccc21. The number of likely N-dealkylation sites (N-methyl/N-ethyl adjacent to an activating group) is 1. The zero-order valence-corrected chi connectivity index (χ0v) is 20.7. The average molecular weight is 479 g/mol. The van der Waals surface area contributed by atoms with Crippen LogP contribution in [0.4, 0.5) is 0 Å². The van der Waals surface area contributed by atoms with Crippen LogP contribution in [0.5, 0.6) is 0 Å². The first-order valence-electron chi connectivity index (χ1n) is 11.5. The van der Waals surface area contributed by atoms with E-state index < -0.39 is 0 Å². The van der Waals surface area contributed by atoms with Gasteiger partial charge in [-0.3, -0.25) is 14.6 Å². The lowest BCUT2D eigenvalue weighted by atomic mass is 10.1. The van der Waals surface area contributed by atoms with Crippen LogP contribution in [0.25, 0.3) is 21.0 Å². The Bertz CT molecular complexity index is 1340. The summed E-state index contributed by atoms with van der Waals surface area (Å²) in [7, 11) is 1.58. The first kappa shape index (κ1) is 24.1. The van der Waals surface area contributed by atoms with E-state index in [2.05, 4.69) is 29.0 Å². The van der Waals surface area contributed by atoms with Crippen molar-refractivity contribution in [3.63, 3.8) is 0 Å². The molecule has 0 saturated carbocycles. The average Bonchev–Trinajstić information content (AvgIpc) is 3.25. The number of thiophene rings is 1. The van der Waals surface area contributed by atoms with Crippen molar-refractivity contribution < 1.29 is 9.53 Å². The molecule has 4 rings (SSSR count). The molecule has 0 bridgehead atoms. The summed E-state index contributed by atoms with van der Waals surface area (Å²) in [6.45, 7) is 7.96. The van der Waals surface area contributed by atoms with Crippen molar-refractivity contribution >= 4 is 38.2 Å². The molecule has 0 saturated heterocycles. The molecule has 178 valence electrons. The van der Waals surface area contributed by atoms with Gasteiger partial charge in [0.1, 0.15) is 0 Å². The van der Waals surface area contributed by atoms with Gasteiger partial charge in [-0.1, -0.05) is 38.1 Å². The fourth-order valence-corrected chi connectivity index (χ4v) is 5.50. The van der Waals surface area contributed by atoms with Gasteiger partial charge in [0.2, 0.25) is 0 Å². The Balaban J connectivity index is 1.82. The predicted octanol–water partition coefficient (Wildman–Crippen LogP) is 3.88. The maximum atomic E-state index is 13.8. The van der Waals surface area contributed by atoms with E-state index in [1.165, 1.54) is 11.3 Å². The smallest absolute Gasteiger partial charge is 0.261 e. The van der Waals surface area contributed by atoms with Gasteiger partial charge in [-0.15, -0.1) is 11.3 Å². The van der Waals surface area contributed by atoms with Crippen LogP contribution in [0.1, 0.15) is 34.8 Å². The number of carbonyl (C=O) groups is 1. The predicted molar refractivity (Wildman–Crippen MR) is 138 cm³/mol. The molecule has 8 heteroatoms. The minimum atomic E-state index is -0.167. The van der Waals surface area contributed by atoms with Crippen LogP contribution in [-0.2, 0) is 17.9 Å². The largest absolute Gasteiger partial charge is 0.380 e. The van der Waals surface area contributed by atoms with E-state index in [0.29, 0.717) is 28.9 Å². The minimum Gasteiger partial charge on any atom is -0.380 e. The van der Waals surface area contributed by atoms with Gasteiger partial charge in [-0.05, 0) is 31.3 Å². The fourth-order valence-electron chi connectivity index (χ4n) is 4.25. The summed E-state index contributed by atoms with van der Waals surface area (Å²) in [5.41, 5.74) is 2.13. The Kier molecular flexibility index (Phi) is 7.72. The molecule has 1 amide bonds. The lowest BCUT2D eigenvalue weighted by Crippen LogP contribution is -2.34. The molecule has 3 aromatic heterocycles. The van der Waals surface area contributed by atoms with Gasteiger partial charge < -0.3 is 19.5 Å². The number of methoxy groups -OCH3 is 1. The van der Waals surface area contributed by atoms with E-state index in [9.17, 15) is 9.59 Å². The molecular formula is C26H30N4O3S. The van der Waals surface area contributed by atoms with E-state index in [0.717, 1.165) is 40.9 Å². The van der Waals surface area contributed by atoms with Crippen LogP contribution in [0.3, 0.4) is 0 Å². The molecule has 0 radical (unpaired) electrons. The Morgan fingerprint density at radius 2 is 1.91 bits per heavy atom. The summed E-state index contributed by atoms with van der Waals surface area (Å²) in [6.07, 6.45) is 1.72. The van der Waals surface area contributed by atoms with Gasteiger partial charge in [-0.2, -0.15) is 0 Å². The Morgan fingerprint density at radius 3 is 2.62 bits per heavy atom. The highest BCUT2D eigenvalue weighted by Gasteiger charge is 2.24. The fraction of sp³-hybridized carbons (Fsp3) is 0.346. The lowest BCUT2D eigenvalue weighted by molar-refractivity contribution is 0.0948. The molecule has 1 N–H and O–H groups in total. The molecule has 0 fully saturated rings. The standard InChI is InChI=1S/C26H30N4O3S/c1-4-29(5-2)15-14-28-25(31)24-20(17-33-3)22-23(34-24)19-11-6-7-12-21(19)30(26(22)32)16-18-10-8-9-13-27-18/h6-13H,4-5,14-17H2,1-3H3,(H,28,31). The Morgan fingerprint density at radius 1 is 1.15 bits per heavy atom. The number of nitrogens with one attached hydrogen (secondary N) is 1. The third-order valence-electron chi connectivity index (χ3n) is 6.05. The highest BCUT2D eigenvalue weighted by molar-refractivity contribution is 7.22.